The van der Waals surface area contributed by atoms with Crippen LogP contribution in [0, 0.1) is 0 Å². The summed E-state index contributed by atoms with van der Waals surface area (Å²) in [7, 11) is 2.99. The van der Waals surface area contributed by atoms with Crippen LogP contribution < -0.4 is 10.2 Å². The Bertz CT molecular complexity index is 323. The Hall–Kier alpha value is -1.59. The summed E-state index contributed by atoms with van der Waals surface area (Å²) in [5.74, 6) is 0.483. The second kappa shape index (κ2) is 6.81. The van der Waals surface area contributed by atoms with E-state index in [2.05, 4.69) is 10.3 Å². The third-order valence-electron chi connectivity index (χ3n) is 1.88. The zero-order valence-corrected chi connectivity index (χ0v) is 9.36. The number of amides is 1. The maximum Gasteiger partial charge on any atom is 0.269 e. The van der Waals surface area contributed by atoms with E-state index >= 15 is 0 Å². The van der Waals surface area contributed by atoms with Crippen molar-refractivity contribution in [2.24, 2.45) is 0 Å². The monoisotopic (exact) mass is 225 g/mol. The lowest BCUT2D eigenvalue weighted by atomic mass is 10.2. The molecule has 0 heterocycles. The smallest absolute Gasteiger partial charge is 0.269 e. The minimum atomic E-state index is -0.309. The van der Waals surface area contributed by atoms with Crippen molar-refractivity contribution in [2.75, 3.05) is 20.8 Å². The van der Waals surface area contributed by atoms with E-state index in [9.17, 15) is 4.79 Å². The molecule has 88 valence electrons. The van der Waals surface area contributed by atoms with Crippen molar-refractivity contribution in [3.63, 3.8) is 0 Å². The molecule has 1 rings (SSSR count). The SMILES string of the molecule is CONC(=O)COCc1ccc(OC)cc1. The van der Waals surface area contributed by atoms with Crippen LogP contribution in [0.15, 0.2) is 24.3 Å². The zero-order valence-electron chi connectivity index (χ0n) is 9.36. The van der Waals surface area contributed by atoms with Crippen LogP contribution in [0.4, 0.5) is 0 Å². The number of methoxy groups -OCH3 is 1. The number of hydroxylamine groups is 1. The first-order chi connectivity index (χ1) is 7.76. The molecule has 0 fully saturated rings. The van der Waals surface area contributed by atoms with E-state index in [-0.39, 0.29) is 12.5 Å². The van der Waals surface area contributed by atoms with Gasteiger partial charge in [-0.2, -0.15) is 0 Å². The van der Waals surface area contributed by atoms with Crippen molar-refractivity contribution in [2.45, 2.75) is 6.61 Å². The Morgan fingerprint density at radius 2 is 1.94 bits per heavy atom. The minimum Gasteiger partial charge on any atom is -0.497 e. The van der Waals surface area contributed by atoms with Crippen molar-refractivity contribution in [3.8, 4) is 5.75 Å². The molecular formula is C11H15NO4. The fourth-order valence-electron chi connectivity index (χ4n) is 1.13. The van der Waals surface area contributed by atoms with E-state index in [4.69, 9.17) is 9.47 Å². The summed E-state index contributed by atoms with van der Waals surface area (Å²) in [6.07, 6.45) is 0. The van der Waals surface area contributed by atoms with Gasteiger partial charge in [-0.3, -0.25) is 9.63 Å². The Morgan fingerprint density at radius 1 is 1.25 bits per heavy atom. The summed E-state index contributed by atoms with van der Waals surface area (Å²) in [6.45, 7) is 0.348. The van der Waals surface area contributed by atoms with Crippen LogP contribution in [0.5, 0.6) is 5.75 Å². The Labute approximate surface area is 94.3 Å². The van der Waals surface area contributed by atoms with Crippen LogP contribution in [0.3, 0.4) is 0 Å². The van der Waals surface area contributed by atoms with Gasteiger partial charge in [-0.25, -0.2) is 5.48 Å². The molecule has 16 heavy (non-hydrogen) atoms. The maximum atomic E-state index is 11.0. The molecule has 0 unspecified atom stereocenters. The summed E-state index contributed by atoms with van der Waals surface area (Å²) >= 11 is 0. The highest BCUT2D eigenvalue weighted by Crippen LogP contribution is 2.11. The highest BCUT2D eigenvalue weighted by atomic mass is 16.6. The highest BCUT2D eigenvalue weighted by Gasteiger charge is 2.00. The van der Waals surface area contributed by atoms with Gasteiger partial charge in [-0.1, -0.05) is 12.1 Å². The number of rotatable bonds is 6. The number of ether oxygens (including phenoxy) is 2. The minimum absolute atomic E-state index is 0.0279. The van der Waals surface area contributed by atoms with Crippen molar-refractivity contribution >= 4 is 5.91 Å². The number of benzene rings is 1. The van der Waals surface area contributed by atoms with Crippen LogP contribution in [0.25, 0.3) is 0 Å². The first kappa shape index (κ1) is 12.5. The van der Waals surface area contributed by atoms with Crippen molar-refractivity contribution in [3.05, 3.63) is 29.8 Å². The molecule has 5 nitrogen and oxygen atoms in total. The first-order valence-electron chi connectivity index (χ1n) is 4.78. The zero-order chi connectivity index (χ0) is 11.8. The first-order valence-corrected chi connectivity index (χ1v) is 4.78. The topological polar surface area (TPSA) is 56.8 Å². The standard InChI is InChI=1S/C11H15NO4/c1-14-10-5-3-9(4-6-10)7-16-8-11(13)12-15-2/h3-6H,7-8H2,1-2H3,(H,12,13). The normalized spacial score (nSPS) is 9.88. The molecule has 0 aromatic heterocycles. The lowest BCUT2D eigenvalue weighted by Crippen LogP contribution is -2.26. The van der Waals surface area contributed by atoms with Gasteiger partial charge in [-0.15, -0.1) is 0 Å². The lowest BCUT2D eigenvalue weighted by Gasteiger charge is -2.05. The van der Waals surface area contributed by atoms with Crippen LogP contribution in [-0.2, 0) is 21.0 Å². The van der Waals surface area contributed by atoms with E-state index in [1.165, 1.54) is 7.11 Å². The highest BCUT2D eigenvalue weighted by molar-refractivity contribution is 5.75. The average Bonchev–Trinajstić information content (AvgIpc) is 2.30. The fourth-order valence-corrected chi connectivity index (χ4v) is 1.13. The van der Waals surface area contributed by atoms with Gasteiger partial charge in [0.05, 0.1) is 20.8 Å². The molecule has 0 aliphatic carbocycles. The Morgan fingerprint density at radius 3 is 2.50 bits per heavy atom. The predicted molar refractivity (Wildman–Crippen MR) is 57.8 cm³/mol. The van der Waals surface area contributed by atoms with Gasteiger partial charge in [0, 0.05) is 0 Å². The molecule has 1 aromatic carbocycles. The number of hydrogen-bond acceptors (Lipinski definition) is 4. The maximum absolute atomic E-state index is 11.0. The molecular weight excluding hydrogens is 210 g/mol. The molecule has 0 saturated carbocycles. The number of carbonyl (C=O) groups excluding carboxylic acids is 1. The van der Waals surface area contributed by atoms with E-state index in [0.717, 1.165) is 11.3 Å². The van der Waals surface area contributed by atoms with E-state index in [1.54, 1.807) is 7.11 Å². The number of carbonyl (C=O) groups is 1. The summed E-state index contributed by atoms with van der Waals surface area (Å²) in [4.78, 5) is 15.4. The third-order valence-corrected chi connectivity index (χ3v) is 1.88. The third kappa shape index (κ3) is 4.29. The number of hydrogen-bond donors (Lipinski definition) is 1. The van der Waals surface area contributed by atoms with E-state index < -0.39 is 0 Å². The quantitative estimate of drug-likeness (QED) is 0.730. The second-order valence-corrected chi connectivity index (χ2v) is 3.07. The molecule has 0 bridgehead atoms. The van der Waals surface area contributed by atoms with Crippen molar-refractivity contribution in [1.29, 1.82) is 0 Å². The van der Waals surface area contributed by atoms with Gasteiger partial charge in [-0.05, 0) is 17.7 Å². The van der Waals surface area contributed by atoms with Gasteiger partial charge in [0.15, 0.2) is 0 Å². The molecule has 0 spiro atoms. The largest absolute Gasteiger partial charge is 0.497 e. The summed E-state index contributed by atoms with van der Waals surface area (Å²) in [6, 6.07) is 7.45. The molecule has 1 aromatic rings. The Balaban J connectivity index is 2.29. The van der Waals surface area contributed by atoms with Crippen molar-refractivity contribution < 1.29 is 19.1 Å². The summed E-state index contributed by atoms with van der Waals surface area (Å²) < 4.78 is 10.2. The fraction of sp³-hybridized carbons (Fsp3) is 0.364. The van der Waals surface area contributed by atoms with Crippen LogP contribution in [-0.4, -0.2) is 26.7 Å². The predicted octanol–water partition coefficient (Wildman–Crippen LogP) is 0.889. The van der Waals surface area contributed by atoms with Gasteiger partial charge < -0.3 is 9.47 Å². The molecule has 0 aliphatic rings. The number of nitrogens with one attached hydrogen (secondary N) is 1. The molecule has 0 aliphatic heterocycles. The van der Waals surface area contributed by atoms with Crippen molar-refractivity contribution in [1.82, 2.24) is 5.48 Å². The molecule has 1 N–H and O–H groups in total. The molecule has 0 saturated heterocycles. The Kier molecular flexibility index (Phi) is 5.31. The molecule has 0 radical (unpaired) electrons. The van der Waals surface area contributed by atoms with Gasteiger partial charge in [0.2, 0.25) is 0 Å². The summed E-state index contributed by atoms with van der Waals surface area (Å²) in [5, 5.41) is 0. The van der Waals surface area contributed by atoms with Gasteiger partial charge in [0.1, 0.15) is 12.4 Å². The van der Waals surface area contributed by atoms with Crippen LogP contribution in [0.1, 0.15) is 5.56 Å². The van der Waals surface area contributed by atoms with E-state index in [0.29, 0.717) is 6.61 Å². The summed E-state index contributed by atoms with van der Waals surface area (Å²) in [5.41, 5.74) is 3.14. The molecule has 5 heteroatoms. The van der Waals surface area contributed by atoms with Gasteiger partial charge >= 0.3 is 0 Å². The molecule has 0 atom stereocenters. The average molecular weight is 225 g/mol. The second-order valence-electron chi connectivity index (χ2n) is 3.07. The molecule has 1 amide bonds. The van der Waals surface area contributed by atoms with E-state index in [1.807, 2.05) is 24.3 Å². The van der Waals surface area contributed by atoms with Gasteiger partial charge in [0.25, 0.3) is 5.91 Å². The van der Waals surface area contributed by atoms with Crippen LogP contribution in [0.2, 0.25) is 0 Å². The van der Waals surface area contributed by atoms with Crippen LogP contribution >= 0.6 is 0 Å². The lowest BCUT2D eigenvalue weighted by molar-refractivity contribution is -0.136.